The first kappa shape index (κ1) is 31.9. The van der Waals surface area contributed by atoms with Crippen LogP contribution in [0.15, 0.2) is 200 Å². The first-order chi connectivity index (χ1) is 27.8. The van der Waals surface area contributed by atoms with Gasteiger partial charge in [-0.3, -0.25) is 0 Å². The van der Waals surface area contributed by atoms with Crippen LogP contribution in [0.3, 0.4) is 0 Å². The van der Waals surface area contributed by atoms with E-state index in [-0.39, 0.29) is 0 Å². The van der Waals surface area contributed by atoms with Gasteiger partial charge in [-0.15, -0.1) is 0 Å². The average Bonchev–Trinajstić information content (AvgIpc) is 3.79. The molecule has 0 radical (unpaired) electrons. The summed E-state index contributed by atoms with van der Waals surface area (Å²) in [7, 11) is 0. The largest absolute Gasteiger partial charge is 0.309 e. The number of nitrogens with zero attached hydrogens (tertiary/aromatic N) is 5. The Hall–Kier alpha value is -7.63. The molecular weight excluding hydrogens is 683 g/mol. The number of rotatable bonds is 6. The van der Waals surface area contributed by atoms with Crippen LogP contribution < -0.4 is 0 Å². The van der Waals surface area contributed by atoms with Crippen LogP contribution in [0.5, 0.6) is 0 Å². The first-order valence-corrected chi connectivity index (χ1v) is 18.9. The van der Waals surface area contributed by atoms with Gasteiger partial charge in [0.15, 0.2) is 17.5 Å². The topological polar surface area (TPSA) is 48.5 Å². The van der Waals surface area contributed by atoms with E-state index in [1.54, 1.807) is 0 Å². The Bertz CT molecular complexity index is 3120. The van der Waals surface area contributed by atoms with Crippen LogP contribution >= 0.6 is 0 Å². The van der Waals surface area contributed by atoms with Crippen molar-refractivity contribution in [3.05, 3.63) is 200 Å². The molecule has 0 N–H and O–H groups in total. The molecular formula is C51H33N5. The van der Waals surface area contributed by atoms with E-state index in [9.17, 15) is 0 Å². The third-order valence-electron chi connectivity index (χ3n) is 10.8. The van der Waals surface area contributed by atoms with Crippen molar-refractivity contribution < 1.29 is 0 Å². The molecule has 0 saturated carbocycles. The maximum atomic E-state index is 5.25. The standard InChI is InChI=1S/C51H33N5/c1-4-16-34(17-5-1)49-52-50(35-18-6-2-7-19-35)54-51(53-49)43-33-37(29-31-48(43)56-45-26-14-10-22-39(45)40-23-11-15-27-46(40)56)36-28-30-47-42(32-36)41-24-12-13-25-44(41)55(47)38-20-8-3-9-21-38/h1-33H. The second-order valence-corrected chi connectivity index (χ2v) is 14.1. The van der Waals surface area contributed by atoms with E-state index in [1.165, 1.54) is 32.6 Å². The summed E-state index contributed by atoms with van der Waals surface area (Å²) in [6.45, 7) is 0. The fourth-order valence-corrected chi connectivity index (χ4v) is 8.21. The van der Waals surface area contributed by atoms with Gasteiger partial charge in [0.1, 0.15) is 0 Å². The quantitative estimate of drug-likeness (QED) is 0.172. The lowest BCUT2D eigenvalue weighted by Gasteiger charge is -2.16. The highest BCUT2D eigenvalue weighted by Crippen LogP contribution is 2.40. The Morgan fingerprint density at radius 1 is 0.286 bits per heavy atom. The minimum Gasteiger partial charge on any atom is -0.309 e. The second-order valence-electron chi connectivity index (χ2n) is 14.1. The van der Waals surface area contributed by atoms with E-state index >= 15 is 0 Å². The summed E-state index contributed by atoms with van der Waals surface area (Å²) >= 11 is 0. The summed E-state index contributed by atoms with van der Waals surface area (Å²) in [4.78, 5) is 15.5. The van der Waals surface area contributed by atoms with E-state index in [4.69, 9.17) is 15.0 Å². The average molecular weight is 716 g/mol. The molecule has 262 valence electrons. The Balaban J connectivity index is 1.19. The number of hydrogen-bond donors (Lipinski definition) is 0. The van der Waals surface area contributed by atoms with Gasteiger partial charge in [-0.05, 0) is 65.7 Å². The van der Waals surface area contributed by atoms with Crippen LogP contribution in [0.4, 0.5) is 0 Å². The van der Waals surface area contributed by atoms with Crippen molar-refractivity contribution in [2.45, 2.75) is 0 Å². The third kappa shape index (κ3) is 5.21. The van der Waals surface area contributed by atoms with Gasteiger partial charge in [-0.2, -0.15) is 0 Å². The summed E-state index contributed by atoms with van der Waals surface area (Å²) in [5.74, 6) is 1.87. The summed E-state index contributed by atoms with van der Waals surface area (Å²) < 4.78 is 4.71. The fraction of sp³-hybridized carbons (Fsp3) is 0. The maximum absolute atomic E-state index is 5.25. The predicted molar refractivity (Wildman–Crippen MR) is 230 cm³/mol. The molecule has 0 aliphatic heterocycles. The molecule has 3 aromatic heterocycles. The maximum Gasteiger partial charge on any atom is 0.166 e. The lowest BCUT2D eigenvalue weighted by molar-refractivity contribution is 1.06. The lowest BCUT2D eigenvalue weighted by Crippen LogP contribution is -2.04. The van der Waals surface area contributed by atoms with E-state index in [1.807, 2.05) is 36.4 Å². The molecule has 11 aromatic rings. The molecule has 0 atom stereocenters. The molecule has 0 spiro atoms. The highest BCUT2D eigenvalue weighted by atomic mass is 15.1. The zero-order valence-corrected chi connectivity index (χ0v) is 30.3. The van der Waals surface area contributed by atoms with Crippen molar-refractivity contribution in [3.8, 4) is 56.7 Å². The van der Waals surface area contributed by atoms with Gasteiger partial charge in [0.2, 0.25) is 0 Å². The van der Waals surface area contributed by atoms with Crippen LogP contribution in [-0.4, -0.2) is 24.1 Å². The Labute approximate surface area is 323 Å². The normalized spacial score (nSPS) is 11.6. The molecule has 3 heterocycles. The van der Waals surface area contributed by atoms with Crippen LogP contribution in [0, 0.1) is 0 Å². The summed E-state index contributed by atoms with van der Waals surface area (Å²) in [6, 6.07) is 70.4. The molecule has 0 aliphatic rings. The van der Waals surface area contributed by atoms with Gasteiger partial charge in [0, 0.05) is 43.9 Å². The molecule has 0 aliphatic carbocycles. The minimum atomic E-state index is 0.609. The molecule has 56 heavy (non-hydrogen) atoms. The van der Waals surface area contributed by atoms with Gasteiger partial charge < -0.3 is 9.13 Å². The van der Waals surface area contributed by atoms with Crippen LogP contribution in [-0.2, 0) is 0 Å². The zero-order valence-electron chi connectivity index (χ0n) is 30.3. The van der Waals surface area contributed by atoms with E-state index in [2.05, 4.69) is 173 Å². The summed E-state index contributed by atoms with van der Waals surface area (Å²) in [6.07, 6.45) is 0. The Kier molecular flexibility index (Phi) is 7.42. The summed E-state index contributed by atoms with van der Waals surface area (Å²) in [5, 5.41) is 4.81. The number of benzene rings is 8. The van der Waals surface area contributed by atoms with Crippen LogP contribution in [0.2, 0.25) is 0 Å². The highest BCUT2D eigenvalue weighted by Gasteiger charge is 2.21. The van der Waals surface area contributed by atoms with Crippen LogP contribution in [0.25, 0.3) is 100 Å². The third-order valence-corrected chi connectivity index (χ3v) is 10.8. The van der Waals surface area contributed by atoms with Crippen molar-refractivity contribution >= 4 is 43.6 Å². The van der Waals surface area contributed by atoms with E-state index in [0.717, 1.165) is 50.2 Å². The van der Waals surface area contributed by atoms with Crippen molar-refractivity contribution in [2.24, 2.45) is 0 Å². The lowest BCUT2D eigenvalue weighted by atomic mass is 9.99. The first-order valence-electron chi connectivity index (χ1n) is 18.9. The van der Waals surface area contributed by atoms with Crippen LogP contribution in [0.1, 0.15) is 0 Å². The Morgan fingerprint density at radius 2 is 0.714 bits per heavy atom. The Morgan fingerprint density at radius 3 is 1.30 bits per heavy atom. The number of aromatic nitrogens is 5. The molecule has 0 fully saturated rings. The molecule has 11 rings (SSSR count). The number of fused-ring (bicyclic) bond motifs is 6. The van der Waals surface area contributed by atoms with Crippen molar-refractivity contribution in [2.75, 3.05) is 0 Å². The highest BCUT2D eigenvalue weighted by molar-refractivity contribution is 6.11. The predicted octanol–water partition coefficient (Wildman–Crippen LogP) is 12.7. The molecule has 5 nitrogen and oxygen atoms in total. The molecule has 8 aromatic carbocycles. The number of para-hydroxylation sites is 4. The minimum absolute atomic E-state index is 0.609. The molecule has 0 bridgehead atoms. The van der Waals surface area contributed by atoms with Gasteiger partial charge in [-0.25, -0.2) is 15.0 Å². The van der Waals surface area contributed by atoms with Crippen molar-refractivity contribution in [3.63, 3.8) is 0 Å². The second kappa shape index (κ2) is 13.0. The molecule has 5 heteroatoms. The fourth-order valence-electron chi connectivity index (χ4n) is 8.21. The van der Waals surface area contributed by atoms with Crippen molar-refractivity contribution in [1.29, 1.82) is 0 Å². The zero-order chi connectivity index (χ0) is 37.0. The smallest absolute Gasteiger partial charge is 0.166 e. The van der Waals surface area contributed by atoms with Gasteiger partial charge in [0.05, 0.1) is 27.8 Å². The monoisotopic (exact) mass is 715 g/mol. The van der Waals surface area contributed by atoms with Gasteiger partial charge >= 0.3 is 0 Å². The number of hydrogen-bond acceptors (Lipinski definition) is 3. The van der Waals surface area contributed by atoms with E-state index in [0.29, 0.717) is 17.5 Å². The van der Waals surface area contributed by atoms with Crippen molar-refractivity contribution in [1.82, 2.24) is 24.1 Å². The van der Waals surface area contributed by atoms with E-state index < -0.39 is 0 Å². The molecule has 0 unspecified atom stereocenters. The summed E-state index contributed by atoms with van der Waals surface area (Å²) in [5.41, 5.74) is 11.7. The molecule has 0 amide bonds. The van der Waals surface area contributed by atoms with Gasteiger partial charge in [0.25, 0.3) is 0 Å². The molecule has 0 saturated heterocycles. The van der Waals surface area contributed by atoms with Gasteiger partial charge in [-0.1, -0.05) is 146 Å². The SMILES string of the molecule is c1ccc(-c2nc(-c3ccccc3)nc(-c3cc(-c4ccc5c(c4)c4ccccc4n5-c4ccccc4)ccc3-n3c4ccccc4c4ccccc43)n2)cc1.